The largest absolute Gasteiger partial charge is 0.379 e. The normalized spacial score (nSPS) is 14.9. The topological polar surface area (TPSA) is 88.6 Å². The Morgan fingerprint density at radius 3 is 2.50 bits per heavy atom. The van der Waals surface area contributed by atoms with Crippen LogP contribution in [0.2, 0.25) is 0 Å². The van der Waals surface area contributed by atoms with E-state index in [1.54, 1.807) is 11.4 Å². The van der Waals surface area contributed by atoms with Gasteiger partial charge in [-0.3, -0.25) is 4.79 Å². The van der Waals surface area contributed by atoms with E-state index in [0.29, 0.717) is 37.6 Å². The average Bonchev–Trinajstić information content (AvgIpc) is 3.30. The van der Waals surface area contributed by atoms with E-state index in [1.807, 2.05) is 49.4 Å². The maximum Gasteiger partial charge on any atom is 0.271 e. The second kappa shape index (κ2) is 9.91. The Bertz CT molecular complexity index is 1180. The molecule has 9 heteroatoms. The van der Waals surface area contributed by atoms with E-state index in [0.717, 1.165) is 21.7 Å². The number of hydrogen-bond donors (Lipinski definition) is 1. The fourth-order valence-corrected chi connectivity index (χ4v) is 5.82. The van der Waals surface area contributed by atoms with Crippen LogP contribution in [-0.4, -0.2) is 49.9 Å². The summed E-state index contributed by atoms with van der Waals surface area (Å²) in [4.78, 5) is 17.1. The summed E-state index contributed by atoms with van der Waals surface area (Å²) >= 11 is 1.42. The van der Waals surface area contributed by atoms with Crippen LogP contribution in [0, 0.1) is 6.92 Å². The van der Waals surface area contributed by atoms with E-state index < -0.39 is 10.0 Å². The first kappa shape index (κ1) is 22.6. The van der Waals surface area contributed by atoms with Crippen LogP contribution in [0.3, 0.4) is 0 Å². The van der Waals surface area contributed by atoms with Gasteiger partial charge in [-0.05, 0) is 18.1 Å². The first-order valence-electron chi connectivity index (χ1n) is 10.4. The second-order valence-electron chi connectivity index (χ2n) is 7.62. The number of carbonyl (C=O) groups is 1. The van der Waals surface area contributed by atoms with Gasteiger partial charge in [0.1, 0.15) is 10.7 Å². The van der Waals surface area contributed by atoms with Gasteiger partial charge in [0.05, 0.1) is 19.0 Å². The highest BCUT2D eigenvalue weighted by atomic mass is 32.2. The Morgan fingerprint density at radius 1 is 1.09 bits per heavy atom. The monoisotopic (exact) mass is 471 g/mol. The molecule has 3 aromatic rings. The number of aryl methyl sites for hydroxylation is 1. The van der Waals surface area contributed by atoms with Crippen LogP contribution in [0.4, 0.5) is 0 Å². The zero-order valence-electron chi connectivity index (χ0n) is 17.8. The van der Waals surface area contributed by atoms with Crippen molar-refractivity contribution in [2.45, 2.75) is 19.2 Å². The lowest BCUT2D eigenvalue weighted by Crippen LogP contribution is -2.41. The van der Waals surface area contributed by atoms with Crippen LogP contribution >= 0.6 is 11.3 Å². The predicted molar refractivity (Wildman–Crippen MR) is 125 cm³/mol. The maximum absolute atomic E-state index is 12.8. The maximum atomic E-state index is 12.8. The summed E-state index contributed by atoms with van der Waals surface area (Å²) in [5.41, 5.74) is 3.93. The smallest absolute Gasteiger partial charge is 0.271 e. The molecule has 1 aromatic heterocycles. The van der Waals surface area contributed by atoms with E-state index in [9.17, 15) is 13.2 Å². The quantitative estimate of drug-likeness (QED) is 0.572. The Kier molecular flexibility index (Phi) is 7.00. The molecule has 0 bridgehead atoms. The summed E-state index contributed by atoms with van der Waals surface area (Å²) in [7, 11) is -3.45. The molecule has 1 aliphatic heterocycles. The van der Waals surface area contributed by atoms with E-state index >= 15 is 0 Å². The third-order valence-electron chi connectivity index (χ3n) is 5.29. The highest BCUT2D eigenvalue weighted by Gasteiger charge is 2.25. The molecule has 1 N–H and O–H groups in total. The van der Waals surface area contributed by atoms with Gasteiger partial charge in [0.15, 0.2) is 0 Å². The summed E-state index contributed by atoms with van der Waals surface area (Å²) in [6.45, 7) is 3.81. The van der Waals surface area contributed by atoms with E-state index in [2.05, 4.69) is 10.3 Å². The molecule has 0 radical (unpaired) electrons. The van der Waals surface area contributed by atoms with E-state index in [4.69, 9.17) is 4.74 Å². The number of benzene rings is 2. The molecule has 7 nitrogen and oxygen atoms in total. The molecule has 4 rings (SSSR count). The molecule has 1 amide bonds. The molecule has 168 valence electrons. The van der Waals surface area contributed by atoms with Crippen molar-refractivity contribution in [1.29, 1.82) is 0 Å². The molecule has 2 heterocycles. The minimum atomic E-state index is -3.45. The Labute approximate surface area is 192 Å². The minimum absolute atomic E-state index is 0.104. The van der Waals surface area contributed by atoms with Crippen molar-refractivity contribution in [3.8, 4) is 10.6 Å². The first-order valence-corrected chi connectivity index (χ1v) is 12.8. The number of amides is 1. The summed E-state index contributed by atoms with van der Waals surface area (Å²) in [6.07, 6.45) is 0. The number of sulfonamides is 1. The van der Waals surface area contributed by atoms with Gasteiger partial charge < -0.3 is 10.1 Å². The van der Waals surface area contributed by atoms with Crippen LogP contribution in [0.5, 0.6) is 0 Å². The third-order valence-corrected chi connectivity index (χ3v) is 8.01. The number of nitrogens with zero attached hydrogens (tertiary/aromatic N) is 2. The van der Waals surface area contributed by atoms with E-state index in [-0.39, 0.29) is 18.2 Å². The van der Waals surface area contributed by atoms with Gasteiger partial charge in [-0.2, -0.15) is 4.31 Å². The zero-order valence-corrected chi connectivity index (χ0v) is 19.4. The number of ether oxygens (including phenoxy) is 1. The molecule has 0 unspecified atom stereocenters. The molecule has 0 atom stereocenters. The second-order valence-corrected chi connectivity index (χ2v) is 10.4. The van der Waals surface area contributed by atoms with Crippen LogP contribution < -0.4 is 5.32 Å². The standard InChI is InChI=1S/C23H25N3O4S2/c1-17-6-8-18(9-7-17)23-25-21(15-31-23)22(27)24-14-19-4-2-3-5-20(19)16-32(28,29)26-10-12-30-13-11-26/h2-9,15H,10-14,16H2,1H3,(H,24,27). The predicted octanol–water partition coefficient (Wildman–Crippen LogP) is 3.21. The lowest BCUT2D eigenvalue weighted by molar-refractivity contribution is 0.0729. The van der Waals surface area contributed by atoms with Crippen LogP contribution in [0.15, 0.2) is 53.9 Å². The Hall–Kier alpha value is -2.59. The fourth-order valence-electron chi connectivity index (χ4n) is 3.46. The number of morpholine rings is 1. The summed E-state index contributed by atoms with van der Waals surface area (Å²) < 4.78 is 32.3. The van der Waals surface area contributed by atoms with Crippen LogP contribution in [-0.2, 0) is 27.1 Å². The molecule has 0 spiro atoms. The number of carbonyl (C=O) groups excluding carboxylic acids is 1. The number of aromatic nitrogens is 1. The molecule has 32 heavy (non-hydrogen) atoms. The highest BCUT2D eigenvalue weighted by molar-refractivity contribution is 7.88. The molecular formula is C23H25N3O4S2. The molecule has 0 saturated carbocycles. The van der Waals surface area contributed by atoms with Crippen molar-refractivity contribution >= 4 is 27.3 Å². The summed E-state index contributed by atoms with van der Waals surface area (Å²) in [5.74, 6) is -0.390. The Morgan fingerprint density at radius 2 is 1.78 bits per heavy atom. The number of rotatable bonds is 7. The van der Waals surface area contributed by atoms with Gasteiger partial charge >= 0.3 is 0 Å². The van der Waals surface area contributed by atoms with Crippen molar-refractivity contribution in [3.63, 3.8) is 0 Å². The number of nitrogens with one attached hydrogen (secondary N) is 1. The molecule has 0 aliphatic carbocycles. The molecule has 1 saturated heterocycles. The molecular weight excluding hydrogens is 446 g/mol. The van der Waals surface area contributed by atoms with Crippen molar-refractivity contribution in [2.24, 2.45) is 0 Å². The highest BCUT2D eigenvalue weighted by Crippen LogP contribution is 2.24. The number of thiazole rings is 1. The zero-order chi connectivity index (χ0) is 22.6. The Balaban J connectivity index is 1.42. The van der Waals surface area contributed by atoms with Gasteiger partial charge in [-0.25, -0.2) is 13.4 Å². The van der Waals surface area contributed by atoms with Gasteiger partial charge in [0.25, 0.3) is 5.91 Å². The average molecular weight is 472 g/mol. The summed E-state index contributed by atoms with van der Waals surface area (Å²) in [6, 6.07) is 15.3. The lowest BCUT2D eigenvalue weighted by Gasteiger charge is -2.26. The minimum Gasteiger partial charge on any atom is -0.379 e. The SMILES string of the molecule is Cc1ccc(-c2nc(C(=O)NCc3ccccc3CS(=O)(=O)N3CCOCC3)cs2)cc1. The summed E-state index contributed by atoms with van der Waals surface area (Å²) in [5, 5.41) is 5.39. The van der Waals surface area contributed by atoms with Gasteiger partial charge in [-0.15, -0.1) is 11.3 Å². The van der Waals surface area contributed by atoms with Crippen LogP contribution in [0.25, 0.3) is 10.6 Å². The first-order chi connectivity index (χ1) is 15.4. The van der Waals surface area contributed by atoms with Crippen molar-refractivity contribution in [2.75, 3.05) is 26.3 Å². The third kappa shape index (κ3) is 5.42. The van der Waals surface area contributed by atoms with E-state index in [1.165, 1.54) is 15.6 Å². The molecule has 2 aromatic carbocycles. The van der Waals surface area contributed by atoms with Crippen LogP contribution in [0.1, 0.15) is 27.2 Å². The van der Waals surface area contributed by atoms with Gasteiger partial charge in [0, 0.05) is 30.6 Å². The number of hydrogen-bond acceptors (Lipinski definition) is 6. The fraction of sp³-hybridized carbons (Fsp3) is 0.304. The van der Waals surface area contributed by atoms with Crippen molar-refractivity contribution in [1.82, 2.24) is 14.6 Å². The molecule has 1 aliphatic rings. The van der Waals surface area contributed by atoms with Gasteiger partial charge in [-0.1, -0.05) is 54.1 Å². The lowest BCUT2D eigenvalue weighted by atomic mass is 10.1. The molecule has 1 fully saturated rings. The van der Waals surface area contributed by atoms with Crippen molar-refractivity contribution < 1.29 is 17.9 Å². The van der Waals surface area contributed by atoms with Gasteiger partial charge in [0.2, 0.25) is 10.0 Å². The van der Waals surface area contributed by atoms with Crippen molar-refractivity contribution in [3.05, 3.63) is 76.3 Å².